The summed E-state index contributed by atoms with van der Waals surface area (Å²) in [7, 11) is 0. The highest BCUT2D eigenvalue weighted by atomic mass is 16.5. The Kier molecular flexibility index (Phi) is 4.88. The maximum absolute atomic E-state index is 6.17. The van der Waals surface area contributed by atoms with Crippen LogP contribution < -0.4 is 0 Å². The molecule has 1 heterocycles. The molecule has 0 aromatic rings. The fraction of sp³-hybridized carbons (Fsp3) is 1.00. The maximum Gasteiger partial charge on any atom is 0.0653 e. The molecule has 1 aliphatic rings. The number of hydrogen-bond donors (Lipinski definition) is 0. The van der Waals surface area contributed by atoms with Gasteiger partial charge in [-0.05, 0) is 39.5 Å². The lowest BCUT2D eigenvalue weighted by Gasteiger charge is -2.43. The van der Waals surface area contributed by atoms with Gasteiger partial charge in [-0.15, -0.1) is 0 Å². The molecule has 2 nitrogen and oxygen atoms in total. The zero-order chi connectivity index (χ0) is 14.0. The van der Waals surface area contributed by atoms with E-state index in [2.05, 4.69) is 48.5 Å². The van der Waals surface area contributed by atoms with Crippen LogP contribution >= 0.6 is 0 Å². The Morgan fingerprint density at radius 1 is 1.00 bits per heavy atom. The fourth-order valence-electron chi connectivity index (χ4n) is 3.13. The normalized spacial score (nSPS) is 25.5. The SMILES string of the molecule is CCCC(C)(C)C1COC(C)(C)CC(C)(C)OC1. The van der Waals surface area contributed by atoms with Gasteiger partial charge in [0.25, 0.3) is 0 Å². The van der Waals surface area contributed by atoms with Crippen molar-refractivity contribution in [2.24, 2.45) is 11.3 Å². The van der Waals surface area contributed by atoms with Crippen LogP contribution in [0.15, 0.2) is 0 Å². The molecule has 1 aliphatic heterocycles. The summed E-state index contributed by atoms with van der Waals surface area (Å²) in [6.45, 7) is 17.3. The largest absolute Gasteiger partial charge is 0.375 e. The van der Waals surface area contributed by atoms with Crippen molar-refractivity contribution in [1.82, 2.24) is 0 Å². The van der Waals surface area contributed by atoms with E-state index in [1.54, 1.807) is 0 Å². The molecule has 0 spiro atoms. The Morgan fingerprint density at radius 2 is 1.44 bits per heavy atom. The van der Waals surface area contributed by atoms with Crippen molar-refractivity contribution in [2.45, 2.75) is 78.9 Å². The van der Waals surface area contributed by atoms with Crippen LogP contribution in [0.4, 0.5) is 0 Å². The zero-order valence-corrected chi connectivity index (χ0v) is 13.4. The lowest BCUT2D eigenvalue weighted by molar-refractivity contribution is -0.165. The van der Waals surface area contributed by atoms with E-state index in [9.17, 15) is 0 Å². The summed E-state index contributed by atoms with van der Waals surface area (Å²) in [4.78, 5) is 0. The van der Waals surface area contributed by atoms with Crippen molar-refractivity contribution in [2.75, 3.05) is 13.2 Å². The monoisotopic (exact) mass is 256 g/mol. The molecule has 1 rings (SSSR count). The third kappa shape index (κ3) is 4.55. The van der Waals surface area contributed by atoms with E-state index in [4.69, 9.17) is 9.47 Å². The highest BCUT2D eigenvalue weighted by Gasteiger charge is 2.38. The Morgan fingerprint density at radius 3 is 1.83 bits per heavy atom. The molecule has 0 bridgehead atoms. The summed E-state index contributed by atoms with van der Waals surface area (Å²) < 4.78 is 12.3. The summed E-state index contributed by atoms with van der Waals surface area (Å²) in [5, 5.41) is 0. The van der Waals surface area contributed by atoms with Crippen molar-refractivity contribution in [3.8, 4) is 0 Å². The van der Waals surface area contributed by atoms with Gasteiger partial charge in [-0.1, -0.05) is 27.2 Å². The highest BCUT2D eigenvalue weighted by Crippen LogP contribution is 2.37. The quantitative estimate of drug-likeness (QED) is 0.744. The molecule has 1 fully saturated rings. The first-order valence-corrected chi connectivity index (χ1v) is 7.36. The summed E-state index contributed by atoms with van der Waals surface area (Å²) >= 11 is 0. The van der Waals surface area contributed by atoms with Crippen LogP contribution in [0.3, 0.4) is 0 Å². The lowest BCUT2D eigenvalue weighted by atomic mass is 9.75. The van der Waals surface area contributed by atoms with Crippen molar-refractivity contribution < 1.29 is 9.47 Å². The van der Waals surface area contributed by atoms with Crippen molar-refractivity contribution >= 4 is 0 Å². The van der Waals surface area contributed by atoms with Crippen LogP contribution in [0.5, 0.6) is 0 Å². The summed E-state index contributed by atoms with van der Waals surface area (Å²) in [6.07, 6.45) is 3.39. The van der Waals surface area contributed by atoms with Crippen LogP contribution in [0, 0.1) is 11.3 Å². The Bertz CT molecular complexity index is 248. The van der Waals surface area contributed by atoms with Gasteiger partial charge >= 0.3 is 0 Å². The van der Waals surface area contributed by atoms with Crippen LogP contribution in [-0.4, -0.2) is 24.4 Å². The predicted molar refractivity (Wildman–Crippen MR) is 76.9 cm³/mol. The molecule has 0 unspecified atom stereocenters. The smallest absolute Gasteiger partial charge is 0.0653 e. The average molecular weight is 256 g/mol. The summed E-state index contributed by atoms with van der Waals surface area (Å²) in [6, 6.07) is 0. The van der Waals surface area contributed by atoms with E-state index in [1.165, 1.54) is 12.8 Å². The van der Waals surface area contributed by atoms with Crippen molar-refractivity contribution in [3.63, 3.8) is 0 Å². The highest BCUT2D eigenvalue weighted by molar-refractivity contribution is 4.87. The van der Waals surface area contributed by atoms with Crippen molar-refractivity contribution in [3.05, 3.63) is 0 Å². The minimum Gasteiger partial charge on any atom is -0.375 e. The third-order valence-corrected chi connectivity index (χ3v) is 4.20. The number of rotatable bonds is 3. The first-order valence-electron chi connectivity index (χ1n) is 7.36. The Hall–Kier alpha value is -0.0800. The molecular formula is C16H32O2. The number of hydrogen-bond acceptors (Lipinski definition) is 2. The molecular weight excluding hydrogens is 224 g/mol. The van der Waals surface area contributed by atoms with E-state index < -0.39 is 0 Å². The van der Waals surface area contributed by atoms with E-state index in [1.807, 2.05) is 0 Å². The molecule has 108 valence electrons. The average Bonchev–Trinajstić information content (AvgIpc) is 2.12. The van der Waals surface area contributed by atoms with Gasteiger partial charge in [-0.25, -0.2) is 0 Å². The van der Waals surface area contributed by atoms with Crippen molar-refractivity contribution in [1.29, 1.82) is 0 Å². The molecule has 0 aliphatic carbocycles. The van der Waals surface area contributed by atoms with Gasteiger partial charge in [0, 0.05) is 12.3 Å². The summed E-state index contributed by atoms with van der Waals surface area (Å²) in [5.41, 5.74) is 0.104. The molecule has 0 aromatic heterocycles. The molecule has 1 saturated heterocycles. The third-order valence-electron chi connectivity index (χ3n) is 4.20. The topological polar surface area (TPSA) is 18.5 Å². The van der Waals surface area contributed by atoms with Crippen LogP contribution in [0.2, 0.25) is 0 Å². The zero-order valence-electron chi connectivity index (χ0n) is 13.4. The molecule has 0 aromatic carbocycles. The molecule has 0 amide bonds. The van der Waals surface area contributed by atoms with E-state index in [-0.39, 0.29) is 16.6 Å². The van der Waals surface area contributed by atoms with Crippen LogP contribution in [0.1, 0.15) is 67.7 Å². The van der Waals surface area contributed by atoms with Gasteiger partial charge in [0.05, 0.1) is 24.4 Å². The fourth-order valence-corrected chi connectivity index (χ4v) is 3.13. The minimum atomic E-state index is -0.0928. The van der Waals surface area contributed by atoms with Gasteiger partial charge < -0.3 is 9.47 Å². The van der Waals surface area contributed by atoms with E-state index >= 15 is 0 Å². The van der Waals surface area contributed by atoms with Crippen LogP contribution in [-0.2, 0) is 9.47 Å². The van der Waals surface area contributed by atoms with Gasteiger partial charge in [-0.2, -0.15) is 0 Å². The van der Waals surface area contributed by atoms with Gasteiger partial charge in [0.1, 0.15) is 0 Å². The maximum atomic E-state index is 6.17. The first kappa shape index (κ1) is 16.0. The molecule has 2 heteroatoms. The van der Waals surface area contributed by atoms with E-state index in [0.717, 1.165) is 19.6 Å². The molecule has 0 atom stereocenters. The Balaban J connectivity index is 2.78. The van der Waals surface area contributed by atoms with Gasteiger partial charge in [0.15, 0.2) is 0 Å². The first-order chi connectivity index (χ1) is 8.08. The van der Waals surface area contributed by atoms with E-state index in [0.29, 0.717) is 5.92 Å². The molecule has 0 saturated carbocycles. The standard InChI is InChI=1S/C16H32O2/c1-8-9-14(2,3)13-10-17-15(4,5)12-16(6,7)18-11-13/h13H,8-12H2,1-7H3. The molecule has 0 radical (unpaired) electrons. The Labute approximate surface area is 113 Å². The second-order valence-electron chi connectivity index (χ2n) is 7.75. The minimum absolute atomic E-state index is 0.0928. The molecule has 0 N–H and O–H groups in total. The lowest BCUT2D eigenvalue weighted by Crippen LogP contribution is -2.45. The van der Waals surface area contributed by atoms with Gasteiger partial charge in [-0.3, -0.25) is 0 Å². The second-order valence-corrected chi connectivity index (χ2v) is 7.75. The number of ether oxygens (including phenoxy) is 2. The summed E-state index contributed by atoms with van der Waals surface area (Å²) in [5.74, 6) is 0.483. The predicted octanol–water partition coefficient (Wildman–Crippen LogP) is 4.42. The molecule has 18 heavy (non-hydrogen) atoms. The second kappa shape index (κ2) is 5.50. The van der Waals surface area contributed by atoms with Crippen LogP contribution in [0.25, 0.3) is 0 Å². The van der Waals surface area contributed by atoms with Gasteiger partial charge in [0.2, 0.25) is 0 Å².